The van der Waals surface area contributed by atoms with Crippen molar-refractivity contribution in [2.75, 3.05) is 44.7 Å². The van der Waals surface area contributed by atoms with Crippen LogP contribution in [0, 0.1) is 6.92 Å². The number of aryl methyl sites for hydroxylation is 1. The second kappa shape index (κ2) is 8.89. The van der Waals surface area contributed by atoms with Crippen LogP contribution in [-0.2, 0) is 6.54 Å². The van der Waals surface area contributed by atoms with E-state index in [4.69, 9.17) is 9.73 Å². The number of hydrogen-bond acceptors (Lipinski definition) is 5. The fourth-order valence-electron chi connectivity index (χ4n) is 3.01. The fraction of sp³-hybridized carbons (Fsp3) is 0.474. The van der Waals surface area contributed by atoms with Gasteiger partial charge < -0.3 is 19.9 Å². The molecule has 1 fully saturated rings. The minimum atomic E-state index is 0.638. The number of aromatic nitrogens is 1. The van der Waals surface area contributed by atoms with Gasteiger partial charge in [0, 0.05) is 49.5 Å². The standard InChI is InChI=1S/C19H27N5OS/c1-4-20-19(22-14-18-21-13-15(2)26-18)24-11-9-23(10-12-24)16-5-7-17(25-3)8-6-16/h5-8,13H,4,9-12,14H2,1-3H3,(H,20,22). The van der Waals surface area contributed by atoms with Crippen LogP contribution in [0.15, 0.2) is 35.5 Å². The Morgan fingerprint density at radius 3 is 2.54 bits per heavy atom. The van der Waals surface area contributed by atoms with E-state index in [0.29, 0.717) is 6.54 Å². The van der Waals surface area contributed by atoms with E-state index >= 15 is 0 Å². The smallest absolute Gasteiger partial charge is 0.194 e. The first-order chi connectivity index (χ1) is 12.7. The molecule has 0 atom stereocenters. The third kappa shape index (κ3) is 4.66. The predicted molar refractivity (Wildman–Crippen MR) is 108 cm³/mol. The molecule has 1 aromatic carbocycles. The van der Waals surface area contributed by atoms with Gasteiger partial charge in [-0.3, -0.25) is 0 Å². The number of rotatable bonds is 5. The van der Waals surface area contributed by atoms with Gasteiger partial charge in [0.1, 0.15) is 10.8 Å². The van der Waals surface area contributed by atoms with E-state index in [-0.39, 0.29) is 0 Å². The van der Waals surface area contributed by atoms with Gasteiger partial charge in [0.05, 0.1) is 13.7 Å². The van der Waals surface area contributed by atoms with Gasteiger partial charge >= 0.3 is 0 Å². The van der Waals surface area contributed by atoms with Crippen LogP contribution >= 0.6 is 11.3 Å². The van der Waals surface area contributed by atoms with Crippen molar-refractivity contribution in [1.29, 1.82) is 0 Å². The molecule has 2 heterocycles. The first-order valence-corrected chi connectivity index (χ1v) is 9.85. The van der Waals surface area contributed by atoms with Crippen LogP contribution in [0.4, 0.5) is 5.69 Å². The van der Waals surface area contributed by atoms with Crippen molar-refractivity contribution in [2.45, 2.75) is 20.4 Å². The van der Waals surface area contributed by atoms with Crippen molar-refractivity contribution < 1.29 is 4.74 Å². The maximum Gasteiger partial charge on any atom is 0.194 e. The molecular weight excluding hydrogens is 346 g/mol. The van der Waals surface area contributed by atoms with Crippen molar-refractivity contribution in [3.8, 4) is 5.75 Å². The molecule has 0 unspecified atom stereocenters. The largest absolute Gasteiger partial charge is 0.497 e. The normalized spacial score (nSPS) is 15.3. The van der Waals surface area contributed by atoms with Crippen LogP contribution in [0.25, 0.3) is 0 Å². The van der Waals surface area contributed by atoms with Crippen molar-refractivity contribution >= 4 is 23.0 Å². The lowest BCUT2D eigenvalue weighted by molar-refractivity contribution is 0.372. The average molecular weight is 374 g/mol. The van der Waals surface area contributed by atoms with Gasteiger partial charge in [0.2, 0.25) is 0 Å². The van der Waals surface area contributed by atoms with Crippen LogP contribution < -0.4 is 15.0 Å². The van der Waals surface area contributed by atoms with Gasteiger partial charge in [-0.05, 0) is 38.1 Å². The molecule has 0 amide bonds. The summed E-state index contributed by atoms with van der Waals surface area (Å²) in [6, 6.07) is 8.28. The number of piperazine rings is 1. The van der Waals surface area contributed by atoms with E-state index in [1.54, 1.807) is 18.4 Å². The van der Waals surface area contributed by atoms with Gasteiger partial charge in [-0.15, -0.1) is 11.3 Å². The molecule has 140 valence electrons. The Morgan fingerprint density at radius 1 is 1.23 bits per heavy atom. The summed E-state index contributed by atoms with van der Waals surface area (Å²) >= 11 is 1.71. The van der Waals surface area contributed by atoms with E-state index in [9.17, 15) is 0 Å². The molecular formula is C19H27N5OS. The number of aliphatic imine (C=N–C) groups is 1. The van der Waals surface area contributed by atoms with Crippen LogP contribution in [-0.4, -0.2) is 55.7 Å². The van der Waals surface area contributed by atoms with Crippen LogP contribution in [0.1, 0.15) is 16.8 Å². The number of methoxy groups -OCH3 is 1. The maximum absolute atomic E-state index is 5.24. The maximum atomic E-state index is 5.24. The molecule has 1 aliphatic rings. The Balaban J connectivity index is 1.59. The molecule has 1 saturated heterocycles. The third-order valence-corrected chi connectivity index (χ3v) is 5.28. The fourth-order valence-corrected chi connectivity index (χ4v) is 3.72. The minimum Gasteiger partial charge on any atom is -0.497 e. The highest BCUT2D eigenvalue weighted by atomic mass is 32.1. The zero-order chi connectivity index (χ0) is 18.4. The summed E-state index contributed by atoms with van der Waals surface area (Å²) in [6.45, 7) is 9.56. The zero-order valence-electron chi connectivity index (χ0n) is 15.7. The zero-order valence-corrected chi connectivity index (χ0v) is 16.6. The van der Waals surface area contributed by atoms with Gasteiger partial charge in [-0.1, -0.05) is 0 Å². The molecule has 0 bridgehead atoms. The molecule has 0 radical (unpaired) electrons. The Kier molecular flexibility index (Phi) is 6.33. The summed E-state index contributed by atoms with van der Waals surface area (Å²) in [5.41, 5.74) is 1.24. The van der Waals surface area contributed by atoms with Gasteiger partial charge in [-0.2, -0.15) is 0 Å². The van der Waals surface area contributed by atoms with E-state index < -0.39 is 0 Å². The SMILES string of the molecule is CCNC(=NCc1ncc(C)s1)N1CCN(c2ccc(OC)cc2)CC1. The molecule has 0 spiro atoms. The second-order valence-electron chi connectivity index (χ2n) is 6.21. The molecule has 6 nitrogen and oxygen atoms in total. The van der Waals surface area contributed by atoms with Crippen LogP contribution in [0.3, 0.4) is 0 Å². The summed E-state index contributed by atoms with van der Waals surface area (Å²) in [4.78, 5) is 15.2. The van der Waals surface area contributed by atoms with Gasteiger partial charge in [-0.25, -0.2) is 9.98 Å². The summed E-state index contributed by atoms with van der Waals surface area (Å²) in [6.07, 6.45) is 1.91. The summed E-state index contributed by atoms with van der Waals surface area (Å²) in [5, 5.41) is 4.48. The highest BCUT2D eigenvalue weighted by Crippen LogP contribution is 2.20. The molecule has 1 N–H and O–H groups in total. The first-order valence-electron chi connectivity index (χ1n) is 9.03. The summed E-state index contributed by atoms with van der Waals surface area (Å²) in [7, 11) is 1.70. The molecule has 1 aliphatic heterocycles. The Bertz CT molecular complexity index is 720. The van der Waals surface area contributed by atoms with Crippen LogP contribution in [0.2, 0.25) is 0 Å². The van der Waals surface area contributed by atoms with E-state index in [0.717, 1.165) is 49.4 Å². The van der Waals surface area contributed by atoms with E-state index in [2.05, 4.69) is 46.1 Å². The number of ether oxygens (including phenoxy) is 1. The van der Waals surface area contributed by atoms with Crippen molar-refractivity contribution in [1.82, 2.24) is 15.2 Å². The topological polar surface area (TPSA) is 53.0 Å². The average Bonchev–Trinajstić information content (AvgIpc) is 3.10. The van der Waals surface area contributed by atoms with Crippen molar-refractivity contribution in [3.63, 3.8) is 0 Å². The lowest BCUT2D eigenvalue weighted by atomic mass is 10.2. The van der Waals surface area contributed by atoms with Crippen molar-refractivity contribution in [2.24, 2.45) is 4.99 Å². The Labute approximate surface area is 159 Å². The molecule has 3 rings (SSSR count). The summed E-state index contributed by atoms with van der Waals surface area (Å²) < 4.78 is 5.24. The number of benzene rings is 1. The third-order valence-electron chi connectivity index (χ3n) is 4.38. The monoisotopic (exact) mass is 373 g/mol. The number of thiazole rings is 1. The molecule has 26 heavy (non-hydrogen) atoms. The number of nitrogens with zero attached hydrogens (tertiary/aromatic N) is 4. The second-order valence-corrected chi connectivity index (χ2v) is 7.53. The number of guanidine groups is 1. The lowest BCUT2D eigenvalue weighted by Gasteiger charge is -2.37. The minimum absolute atomic E-state index is 0.638. The molecule has 0 aliphatic carbocycles. The van der Waals surface area contributed by atoms with Crippen molar-refractivity contribution in [3.05, 3.63) is 40.3 Å². The first kappa shape index (κ1) is 18.5. The molecule has 2 aromatic rings. The highest BCUT2D eigenvalue weighted by Gasteiger charge is 2.20. The quantitative estimate of drug-likeness (QED) is 0.645. The lowest BCUT2D eigenvalue weighted by Crippen LogP contribution is -2.52. The van der Waals surface area contributed by atoms with E-state index in [1.807, 2.05) is 18.3 Å². The number of nitrogens with one attached hydrogen (secondary N) is 1. The highest BCUT2D eigenvalue weighted by molar-refractivity contribution is 7.11. The predicted octanol–water partition coefficient (Wildman–Crippen LogP) is 2.75. The van der Waals surface area contributed by atoms with Gasteiger partial charge in [0.25, 0.3) is 0 Å². The van der Waals surface area contributed by atoms with E-state index in [1.165, 1.54) is 10.6 Å². The van der Waals surface area contributed by atoms with Crippen LogP contribution in [0.5, 0.6) is 5.75 Å². The Morgan fingerprint density at radius 2 is 1.96 bits per heavy atom. The summed E-state index contributed by atoms with van der Waals surface area (Å²) in [5.74, 6) is 1.88. The van der Waals surface area contributed by atoms with Gasteiger partial charge in [0.15, 0.2) is 5.96 Å². The molecule has 1 aromatic heterocycles. The Hall–Kier alpha value is -2.28. The molecule has 0 saturated carbocycles. The molecule has 7 heteroatoms. The number of hydrogen-bond donors (Lipinski definition) is 1. The number of anilines is 1.